The molecule has 2 aromatic rings. The number of aliphatic hydroxyl groups excluding tert-OH is 1. The number of hydrogen-bond donors (Lipinski definition) is 1. The summed E-state index contributed by atoms with van der Waals surface area (Å²) in [7, 11) is 0. The Morgan fingerprint density at radius 1 is 1.43 bits per heavy atom. The van der Waals surface area contributed by atoms with Gasteiger partial charge in [-0.15, -0.1) is 5.10 Å². The van der Waals surface area contributed by atoms with Gasteiger partial charge < -0.3 is 9.84 Å². The minimum atomic E-state index is -1.64. The highest BCUT2D eigenvalue weighted by molar-refractivity contribution is 5.50. The van der Waals surface area contributed by atoms with E-state index in [1.807, 2.05) is 6.92 Å². The van der Waals surface area contributed by atoms with Gasteiger partial charge in [0, 0.05) is 5.69 Å². The first kappa shape index (κ1) is 16.8. The molecule has 0 aliphatic heterocycles. The van der Waals surface area contributed by atoms with Crippen LogP contribution < -0.4 is 4.74 Å². The molecule has 0 saturated carbocycles. The van der Waals surface area contributed by atoms with Gasteiger partial charge in [-0.2, -0.15) is 0 Å². The summed E-state index contributed by atoms with van der Waals surface area (Å²) in [5, 5.41) is 24.0. The minimum Gasteiger partial charge on any atom is -0.469 e. The van der Waals surface area contributed by atoms with Crippen molar-refractivity contribution in [2.75, 3.05) is 13.2 Å². The third-order valence-electron chi connectivity index (χ3n) is 3.26. The molecule has 0 aliphatic carbocycles. The van der Waals surface area contributed by atoms with Crippen LogP contribution in [0.5, 0.6) is 5.88 Å². The molecule has 0 aliphatic rings. The number of halogens is 1. The molecule has 0 radical (unpaired) electrons. The van der Waals surface area contributed by atoms with Crippen molar-refractivity contribution in [1.82, 2.24) is 14.8 Å². The quantitative estimate of drug-likeness (QED) is 0.642. The average Bonchev–Trinajstić information content (AvgIpc) is 2.81. The van der Waals surface area contributed by atoms with Crippen molar-refractivity contribution in [2.24, 2.45) is 0 Å². The maximum atomic E-state index is 13.1. The van der Waals surface area contributed by atoms with Crippen molar-refractivity contribution in [2.45, 2.75) is 26.9 Å². The van der Waals surface area contributed by atoms with Crippen LogP contribution in [-0.4, -0.2) is 44.2 Å². The number of nitrogens with zero attached hydrogens (tertiary/aromatic N) is 4. The lowest BCUT2D eigenvalue weighted by Crippen LogP contribution is -2.17. The van der Waals surface area contributed by atoms with Gasteiger partial charge in [0.05, 0.1) is 22.9 Å². The molecule has 2 aromatic heterocycles. The Balaban J connectivity index is 2.47. The van der Waals surface area contributed by atoms with E-state index in [1.54, 1.807) is 19.1 Å². The third-order valence-corrected chi connectivity index (χ3v) is 3.26. The number of aromatic nitrogens is 3. The smallest absolute Gasteiger partial charge is 0.353 e. The van der Waals surface area contributed by atoms with E-state index in [-0.39, 0.29) is 17.3 Å². The zero-order chi connectivity index (χ0) is 17.1. The predicted octanol–water partition coefficient (Wildman–Crippen LogP) is 1.81. The summed E-state index contributed by atoms with van der Waals surface area (Å²) in [6.45, 7) is 3.88. The van der Waals surface area contributed by atoms with Gasteiger partial charge in [0.15, 0.2) is 6.17 Å². The Kier molecular flexibility index (Phi) is 4.89. The Bertz CT molecular complexity index is 732. The second-order valence-corrected chi connectivity index (χ2v) is 5.06. The van der Waals surface area contributed by atoms with Gasteiger partial charge in [-0.25, -0.2) is 9.07 Å². The van der Waals surface area contributed by atoms with E-state index in [4.69, 9.17) is 9.84 Å². The number of nitro groups is 1. The summed E-state index contributed by atoms with van der Waals surface area (Å²) in [4.78, 5) is 14.9. The molecule has 0 spiro atoms. The number of ether oxygens (including phenoxy) is 1. The molecule has 0 aromatic carbocycles. The lowest BCUT2D eigenvalue weighted by atomic mass is 10.2. The standard InChI is InChI=1S/C14H17FN4O4/c1-8-4-5-12(9(2)16-8)18-10(3)13(19(21)22)14(17-18)23-7-11(15)6-20/h4-5,11,20H,6-7H2,1-3H3. The normalized spacial score (nSPS) is 12.2. The van der Waals surface area contributed by atoms with Gasteiger partial charge in [0.2, 0.25) is 0 Å². The first-order chi connectivity index (χ1) is 10.8. The molecule has 1 unspecified atom stereocenters. The fraction of sp³-hybridized carbons (Fsp3) is 0.429. The van der Waals surface area contributed by atoms with Crippen LogP contribution in [0.4, 0.5) is 10.1 Å². The molecule has 1 atom stereocenters. The second-order valence-electron chi connectivity index (χ2n) is 5.06. The largest absolute Gasteiger partial charge is 0.469 e. The van der Waals surface area contributed by atoms with Crippen molar-refractivity contribution in [3.63, 3.8) is 0 Å². The molecule has 0 saturated heterocycles. The summed E-state index contributed by atoms with van der Waals surface area (Å²) in [5.41, 5.74) is 1.94. The van der Waals surface area contributed by atoms with Crippen LogP contribution in [0, 0.1) is 30.9 Å². The Labute approximate surface area is 131 Å². The maximum Gasteiger partial charge on any atom is 0.353 e. The highest BCUT2D eigenvalue weighted by Crippen LogP contribution is 2.32. The highest BCUT2D eigenvalue weighted by atomic mass is 19.1. The summed E-state index contributed by atoms with van der Waals surface area (Å²) >= 11 is 0. The fourth-order valence-corrected chi connectivity index (χ4v) is 2.14. The molecule has 0 bridgehead atoms. The van der Waals surface area contributed by atoms with Crippen molar-refractivity contribution in [3.05, 3.63) is 39.3 Å². The number of aryl methyl sites for hydroxylation is 2. The molecular weight excluding hydrogens is 307 g/mol. The van der Waals surface area contributed by atoms with E-state index in [0.29, 0.717) is 11.4 Å². The lowest BCUT2D eigenvalue weighted by molar-refractivity contribution is -0.386. The number of rotatable bonds is 6. The van der Waals surface area contributed by atoms with Gasteiger partial charge in [-0.05, 0) is 32.9 Å². The average molecular weight is 324 g/mol. The molecule has 124 valence electrons. The topological polar surface area (TPSA) is 103 Å². The highest BCUT2D eigenvalue weighted by Gasteiger charge is 2.28. The molecule has 23 heavy (non-hydrogen) atoms. The van der Waals surface area contributed by atoms with Gasteiger partial charge in [0.25, 0.3) is 0 Å². The summed E-state index contributed by atoms with van der Waals surface area (Å²) < 4.78 is 19.5. The molecule has 1 N–H and O–H groups in total. The van der Waals surface area contributed by atoms with Crippen LogP contribution in [0.1, 0.15) is 17.1 Å². The van der Waals surface area contributed by atoms with Gasteiger partial charge >= 0.3 is 11.6 Å². The minimum absolute atomic E-state index is 0.248. The molecule has 8 nitrogen and oxygen atoms in total. The maximum absolute atomic E-state index is 13.1. The van der Waals surface area contributed by atoms with E-state index in [9.17, 15) is 14.5 Å². The van der Waals surface area contributed by atoms with Gasteiger partial charge in [-0.1, -0.05) is 0 Å². The fourth-order valence-electron chi connectivity index (χ4n) is 2.14. The SMILES string of the molecule is Cc1ccc(-n2nc(OCC(F)CO)c([N+](=O)[O-])c2C)c(C)n1. The number of hydrogen-bond acceptors (Lipinski definition) is 6. The van der Waals surface area contributed by atoms with Crippen LogP contribution in [0.15, 0.2) is 12.1 Å². The number of alkyl halides is 1. The Hall–Kier alpha value is -2.55. The number of pyridine rings is 1. The van der Waals surface area contributed by atoms with Gasteiger partial charge in [0.1, 0.15) is 12.3 Å². The van der Waals surface area contributed by atoms with Crippen LogP contribution in [-0.2, 0) is 0 Å². The summed E-state index contributed by atoms with van der Waals surface area (Å²) in [5.74, 6) is -0.288. The third kappa shape index (κ3) is 3.45. The van der Waals surface area contributed by atoms with Crippen LogP contribution in [0.3, 0.4) is 0 Å². The first-order valence-corrected chi connectivity index (χ1v) is 6.91. The second kappa shape index (κ2) is 6.69. The first-order valence-electron chi connectivity index (χ1n) is 6.91. The molecule has 2 rings (SSSR count). The van der Waals surface area contributed by atoms with Crippen molar-refractivity contribution in [1.29, 1.82) is 0 Å². The van der Waals surface area contributed by atoms with Crippen LogP contribution in [0.25, 0.3) is 5.69 Å². The molecule has 0 amide bonds. The van der Waals surface area contributed by atoms with Gasteiger partial charge in [-0.3, -0.25) is 15.1 Å². The molecular formula is C14H17FN4O4. The molecule has 0 fully saturated rings. The van der Waals surface area contributed by atoms with E-state index < -0.39 is 24.3 Å². The molecule has 2 heterocycles. The molecule has 9 heteroatoms. The van der Waals surface area contributed by atoms with Crippen LogP contribution >= 0.6 is 0 Å². The summed E-state index contributed by atoms with van der Waals surface area (Å²) in [6.07, 6.45) is -1.64. The van der Waals surface area contributed by atoms with E-state index in [2.05, 4.69) is 10.1 Å². The zero-order valence-corrected chi connectivity index (χ0v) is 13.0. The predicted molar refractivity (Wildman–Crippen MR) is 79.7 cm³/mol. The monoisotopic (exact) mass is 324 g/mol. The Morgan fingerprint density at radius 2 is 2.13 bits per heavy atom. The number of aliphatic hydroxyl groups is 1. The van der Waals surface area contributed by atoms with Crippen molar-refractivity contribution < 1.29 is 19.2 Å². The lowest BCUT2D eigenvalue weighted by Gasteiger charge is -2.07. The van der Waals surface area contributed by atoms with Crippen LogP contribution in [0.2, 0.25) is 0 Å². The van der Waals surface area contributed by atoms with E-state index in [1.165, 1.54) is 11.6 Å². The van der Waals surface area contributed by atoms with Crippen molar-refractivity contribution in [3.8, 4) is 11.6 Å². The van der Waals surface area contributed by atoms with E-state index >= 15 is 0 Å². The zero-order valence-electron chi connectivity index (χ0n) is 13.0. The van der Waals surface area contributed by atoms with Crippen molar-refractivity contribution >= 4 is 5.69 Å². The Morgan fingerprint density at radius 3 is 2.70 bits per heavy atom. The van der Waals surface area contributed by atoms with E-state index in [0.717, 1.165) is 5.69 Å². The summed E-state index contributed by atoms with van der Waals surface area (Å²) in [6, 6.07) is 3.51.